The summed E-state index contributed by atoms with van der Waals surface area (Å²) in [6, 6.07) is 0. The van der Waals surface area contributed by atoms with Crippen LogP contribution in [0.1, 0.15) is 39.7 Å². The first-order valence-electron chi connectivity index (χ1n) is 8.17. The first-order valence-corrected chi connectivity index (χ1v) is 8.17. The number of aromatic nitrogens is 2. The number of nitrogens with zero attached hydrogens (tertiary/aromatic N) is 3. The molecule has 1 aromatic heterocycles. The average molecular weight is 467 g/mol. The molecule has 1 heterocycles. The Morgan fingerprint density at radius 1 is 1.48 bits per heavy atom. The maximum Gasteiger partial charge on any atom is 0.307 e. The summed E-state index contributed by atoms with van der Waals surface area (Å²) < 4.78 is 6.71. The number of aryl methyl sites for hydroxylation is 1. The highest BCUT2D eigenvalue weighted by Gasteiger charge is 2.24. The van der Waals surface area contributed by atoms with Crippen molar-refractivity contribution in [3.63, 3.8) is 0 Å². The van der Waals surface area contributed by atoms with Crippen LogP contribution in [0.5, 0.6) is 0 Å². The van der Waals surface area contributed by atoms with Crippen LogP contribution in [0.4, 0.5) is 0 Å². The van der Waals surface area contributed by atoms with Gasteiger partial charge in [-0.3, -0.25) is 9.48 Å². The third-order valence-corrected chi connectivity index (χ3v) is 3.20. The standard InChI is InChI=1S/C16H29N5O3.HI/c1-6-17-15(18-8-7-14(22)24-12(2)3)19-11-16(4,23)13-9-20-21(5)10-13;/h9-10,12,23H,6-8,11H2,1-5H3,(H2,17,18,19);1H. The molecule has 0 aliphatic rings. The summed E-state index contributed by atoms with van der Waals surface area (Å²) >= 11 is 0. The van der Waals surface area contributed by atoms with Gasteiger partial charge in [0, 0.05) is 31.9 Å². The van der Waals surface area contributed by atoms with Crippen LogP contribution in [0, 0.1) is 0 Å². The van der Waals surface area contributed by atoms with Crippen molar-refractivity contribution >= 4 is 35.9 Å². The van der Waals surface area contributed by atoms with Gasteiger partial charge in [-0.25, -0.2) is 4.99 Å². The summed E-state index contributed by atoms with van der Waals surface area (Å²) in [5.74, 6) is 0.287. The predicted molar refractivity (Wildman–Crippen MR) is 108 cm³/mol. The highest BCUT2D eigenvalue weighted by molar-refractivity contribution is 14.0. The van der Waals surface area contributed by atoms with Gasteiger partial charge >= 0.3 is 5.97 Å². The number of carbonyl (C=O) groups is 1. The van der Waals surface area contributed by atoms with Crippen LogP contribution < -0.4 is 10.6 Å². The summed E-state index contributed by atoms with van der Waals surface area (Å²) in [5, 5.41) is 20.7. The molecule has 0 radical (unpaired) electrons. The molecule has 25 heavy (non-hydrogen) atoms. The number of hydrogen-bond donors (Lipinski definition) is 3. The Kier molecular flexibility index (Phi) is 10.7. The number of rotatable bonds is 8. The molecule has 0 aromatic carbocycles. The van der Waals surface area contributed by atoms with Crippen molar-refractivity contribution in [2.45, 2.75) is 45.8 Å². The molecule has 1 atom stereocenters. The number of aliphatic hydroxyl groups is 1. The number of aliphatic imine (C=N–C) groups is 1. The molecular formula is C16H30IN5O3. The number of guanidine groups is 1. The van der Waals surface area contributed by atoms with Gasteiger partial charge < -0.3 is 20.5 Å². The molecule has 9 heteroatoms. The van der Waals surface area contributed by atoms with Crippen LogP contribution in [-0.2, 0) is 22.2 Å². The minimum Gasteiger partial charge on any atom is -0.463 e. The zero-order chi connectivity index (χ0) is 18.2. The molecule has 0 amide bonds. The summed E-state index contributed by atoms with van der Waals surface area (Å²) in [4.78, 5) is 15.9. The van der Waals surface area contributed by atoms with Crippen molar-refractivity contribution in [1.82, 2.24) is 20.4 Å². The van der Waals surface area contributed by atoms with Crippen molar-refractivity contribution < 1.29 is 14.6 Å². The number of nitrogens with one attached hydrogen (secondary N) is 2. The smallest absolute Gasteiger partial charge is 0.307 e. The van der Waals surface area contributed by atoms with Gasteiger partial charge in [-0.05, 0) is 27.7 Å². The second kappa shape index (κ2) is 11.3. The van der Waals surface area contributed by atoms with E-state index in [1.807, 2.05) is 20.8 Å². The van der Waals surface area contributed by atoms with Gasteiger partial charge in [0.2, 0.25) is 0 Å². The van der Waals surface area contributed by atoms with Gasteiger partial charge in [0.1, 0.15) is 5.60 Å². The molecule has 0 spiro atoms. The van der Waals surface area contributed by atoms with E-state index in [9.17, 15) is 9.90 Å². The maximum absolute atomic E-state index is 11.5. The Labute approximate surface area is 166 Å². The monoisotopic (exact) mass is 467 g/mol. The molecule has 8 nitrogen and oxygen atoms in total. The van der Waals surface area contributed by atoms with Gasteiger partial charge in [-0.15, -0.1) is 24.0 Å². The normalized spacial score (nSPS) is 13.8. The van der Waals surface area contributed by atoms with Crippen LogP contribution in [-0.4, -0.2) is 52.6 Å². The Morgan fingerprint density at radius 3 is 2.68 bits per heavy atom. The molecule has 0 saturated carbocycles. The maximum atomic E-state index is 11.5. The molecule has 0 saturated heterocycles. The number of ether oxygens (including phenoxy) is 1. The lowest BCUT2D eigenvalue weighted by Crippen LogP contribution is -2.39. The van der Waals surface area contributed by atoms with Crippen molar-refractivity contribution in [3.8, 4) is 0 Å². The summed E-state index contributed by atoms with van der Waals surface area (Å²) in [7, 11) is 1.80. The van der Waals surface area contributed by atoms with E-state index in [-0.39, 0.29) is 49.0 Å². The van der Waals surface area contributed by atoms with Crippen molar-refractivity contribution in [2.75, 3.05) is 19.6 Å². The van der Waals surface area contributed by atoms with Crippen LogP contribution in [0.2, 0.25) is 0 Å². The summed E-state index contributed by atoms with van der Waals surface area (Å²) in [5.41, 5.74) is -0.419. The summed E-state index contributed by atoms with van der Waals surface area (Å²) in [6.45, 7) is 8.53. The van der Waals surface area contributed by atoms with Crippen molar-refractivity contribution in [2.24, 2.45) is 12.0 Å². The minimum absolute atomic E-state index is 0. The van der Waals surface area contributed by atoms with Crippen LogP contribution >= 0.6 is 24.0 Å². The second-order valence-corrected chi connectivity index (χ2v) is 6.09. The molecular weight excluding hydrogens is 437 g/mol. The van der Waals surface area contributed by atoms with Crippen LogP contribution in [0.15, 0.2) is 17.4 Å². The fourth-order valence-corrected chi connectivity index (χ4v) is 1.97. The fraction of sp³-hybridized carbons (Fsp3) is 0.688. The number of carbonyl (C=O) groups excluding carboxylic acids is 1. The highest BCUT2D eigenvalue weighted by Crippen LogP contribution is 2.19. The predicted octanol–water partition coefficient (Wildman–Crippen LogP) is 1.14. The Morgan fingerprint density at radius 2 is 2.16 bits per heavy atom. The Balaban J connectivity index is 0.00000576. The van der Waals surface area contributed by atoms with Crippen molar-refractivity contribution in [3.05, 3.63) is 18.0 Å². The average Bonchev–Trinajstić information content (AvgIpc) is 2.91. The van der Waals surface area contributed by atoms with Gasteiger partial charge in [0.25, 0.3) is 0 Å². The lowest BCUT2D eigenvalue weighted by molar-refractivity contribution is -0.147. The molecule has 1 aromatic rings. The topological polar surface area (TPSA) is 101 Å². The third-order valence-electron chi connectivity index (χ3n) is 3.20. The zero-order valence-corrected chi connectivity index (χ0v) is 17.9. The van der Waals surface area contributed by atoms with E-state index in [1.165, 1.54) is 0 Å². The Bertz CT molecular complexity index is 558. The largest absolute Gasteiger partial charge is 0.463 e. The zero-order valence-electron chi connectivity index (χ0n) is 15.6. The van der Waals surface area contributed by atoms with E-state index >= 15 is 0 Å². The Hall–Kier alpha value is -1.36. The van der Waals surface area contributed by atoms with Gasteiger partial charge in [-0.2, -0.15) is 5.10 Å². The summed E-state index contributed by atoms with van der Waals surface area (Å²) in [6.07, 6.45) is 3.52. The van der Waals surface area contributed by atoms with E-state index in [0.29, 0.717) is 24.6 Å². The molecule has 0 aliphatic carbocycles. The molecule has 1 unspecified atom stereocenters. The minimum atomic E-state index is -1.12. The molecule has 0 aliphatic heterocycles. The first kappa shape index (κ1) is 23.6. The quantitative estimate of drug-likeness (QED) is 0.230. The van der Waals surface area contributed by atoms with E-state index in [1.54, 1.807) is 31.0 Å². The van der Waals surface area contributed by atoms with Gasteiger partial charge in [-0.1, -0.05) is 0 Å². The lowest BCUT2D eigenvalue weighted by atomic mass is 10.0. The second-order valence-electron chi connectivity index (χ2n) is 6.09. The van der Waals surface area contributed by atoms with E-state index in [4.69, 9.17) is 4.74 Å². The van der Waals surface area contributed by atoms with Crippen LogP contribution in [0.25, 0.3) is 0 Å². The van der Waals surface area contributed by atoms with E-state index < -0.39 is 5.60 Å². The van der Waals surface area contributed by atoms with Gasteiger partial charge in [0.05, 0.1) is 25.3 Å². The lowest BCUT2D eigenvalue weighted by Gasteiger charge is -2.20. The van der Waals surface area contributed by atoms with E-state index in [2.05, 4.69) is 20.7 Å². The fourth-order valence-electron chi connectivity index (χ4n) is 1.97. The third kappa shape index (κ3) is 9.05. The number of esters is 1. The highest BCUT2D eigenvalue weighted by atomic mass is 127. The van der Waals surface area contributed by atoms with Crippen LogP contribution in [0.3, 0.4) is 0 Å². The molecule has 3 N–H and O–H groups in total. The molecule has 144 valence electrons. The molecule has 1 rings (SSSR count). The number of hydrogen-bond acceptors (Lipinski definition) is 5. The number of halogens is 1. The molecule has 0 bridgehead atoms. The molecule has 0 fully saturated rings. The van der Waals surface area contributed by atoms with Gasteiger partial charge in [0.15, 0.2) is 5.96 Å². The van der Waals surface area contributed by atoms with Crippen molar-refractivity contribution in [1.29, 1.82) is 0 Å². The first-order chi connectivity index (χ1) is 11.2. The SMILES string of the molecule is CCNC(=NCC(C)(O)c1cnn(C)c1)NCCC(=O)OC(C)C.I. The van der Waals surface area contributed by atoms with E-state index in [0.717, 1.165) is 0 Å².